The van der Waals surface area contributed by atoms with Crippen LogP contribution >= 0.6 is 0 Å². The van der Waals surface area contributed by atoms with E-state index in [1.165, 1.54) is 0 Å². The van der Waals surface area contributed by atoms with Crippen LogP contribution in [0.25, 0.3) is 0 Å². The molecular formula is C11H16F2O2. The summed E-state index contributed by atoms with van der Waals surface area (Å²) < 4.78 is 30.3. The minimum Gasteiger partial charge on any atom is -0.375 e. The lowest BCUT2D eigenvalue weighted by Crippen LogP contribution is -2.41. The zero-order valence-electron chi connectivity index (χ0n) is 8.68. The normalized spacial score (nSPS) is 29.9. The van der Waals surface area contributed by atoms with E-state index in [4.69, 9.17) is 4.74 Å². The van der Waals surface area contributed by atoms with E-state index in [9.17, 15) is 13.6 Å². The molecule has 0 radical (unpaired) electrons. The molecule has 15 heavy (non-hydrogen) atoms. The first-order valence-corrected chi connectivity index (χ1v) is 5.59. The van der Waals surface area contributed by atoms with Gasteiger partial charge in [-0.2, -0.15) is 0 Å². The van der Waals surface area contributed by atoms with Gasteiger partial charge < -0.3 is 4.74 Å². The number of hydrogen-bond acceptors (Lipinski definition) is 2. The summed E-state index contributed by atoms with van der Waals surface area (Å²) in [5.41, 5.74) is -0.243. The Bertz CT molecular complexity index is 247. The van der Waals surface area contributed by atoms with Crippen molar-refractivity contribution in [3.8, 4) is 0 Å². The summed E-state index contributed by atoms with van der Waals surface area (Å²) in [6.45, 7) is 0.461. The molecule has 0 bridgehead atoms. The van der Waals surface area contributed by atoms with Gasteiger partial charge in [-0.15, -0.1) is 0 Å². The number of ether oxygens (including phenoxy) is 1. The van der Waals surface area contributed by atoms with Gasteiger partial charge in [-0.3, -0.25) is 4.79 Å². The molecule has 2 fully saturated rings. The molecule has 1 atom stereocenters. The zero-order chi connectivity index (χ0) is 10.9. The van der Waals surface area contributed by atoms with Gasteiger partial charge in [0.2, 0.25) is 5.78 Å². The lowest BCUT2D eigenvalue weighted by atomic mass is 9.82. The number of rotatable bonds is 2. The standard InChI is InChI=1S/C11H16F2O2/c12-10(13)9(14)8-3-6-15-11(7-8)4-1-2-5-11/h8,10H,1-7H2. The van der Waals surface area contributed by atoms with E-state index in [-0.39, 0.29) is 5.60 Å². The topological polar surface area (TPSA) is 26.3 Å². The third-order valence-electron chi connectivity index (χ3n) is 3.63. The largest absolute Gasteiger partial charge is 0.375 e. The molecule has 1 saturated heterocycles. The number of Topliss-reactive ketones (excluding diaryl/α,β-unsaturated/α-hetero) is 1. The van der Waals surface area contributed by atoms with Gasteiger partial charge in [0, 0.05) is 12.5 Å². The van der Waals surface area contributed by atoms with Crippen LogP contribution < -0.4 is 0 Å². The first-order valence-electron chi connectivity index (χ1n) is 5.59. The fraction of sp³-hybridized carbons (Fsp3) is 0.909. The van der Waals surface area contributed by atoms with Gasteiger partial charge in [0.1, 0.15) is 0 Å². The number of ketones is 1. The molecule has 1 aliphatic carbocycles. The molecule has 2 rings (SSSR count). The third-order valence-corrected chi connectivity index (χ3v) is 3.63. The minimum absolute atomic E-state index is 0.243. The summed E-state index contributed by atoms with van der Waals surface area (Å²) >= 11 is 0. The van der Waals surface area contributed by atoms with Crippen LogP contribution in [-0.2, 0) is 9.53 Å². The van der Waals surface area contributed by atoms with Gasteiger partial charge in [0.05, 0.1) is 5.60 Å². The average molecular weight is 218 g/mol. The molecule has 1 aliphatic heterocycles. The molecule has 0 aromatic carbocycles. The van der Waals surface area contributed by atoms with Crippen molar-refractivity contribution in [2.75, 3.05) is 6.61 Å². The molecule has 2 nitrogen and oxygen atoms in total. The predicted octanol–water partition coefficient (Wildman–Crippen LogP) is 2.56. The average Bonchev–Trinajstić information content (AvgIpc) is 2.65. The second-order valence-corrected chi connectivity index (χ2v) is 4.63. The highest BCUT2D eigenvalue weighted by molar-refractivity contribution is 5.84. The lowest BCUT2D eigenvalue weighted by molar-refractivity contribution is -0.146. The van der Waals surface area contributed by atoms with Crippen LogP contribution in [0.3, 0.4) is 0 Å². The van der Waals surface area contributed by atoms with Crippen molar-refractivity contribution in [1.82, 2.24) is 0 Å². The Balaban J connectivity index is 2.00. The molecule has 0 aromatic rings. The highest BCUT2D eigenvalue weighted by Crippen LogP contribution is 2.42. The van der Waals surface area contributed by atoms with Crippen LogP contribution in [-0.4, -0.2) is 24.4 Å². The molecule has 86 valence electrons. The van der Waals surface area contributed by atoms with E-state index in [1.54, 1.807) is 0 Å². The first-order chi connectivity index (χ1) is 7.13. The maximum Gasteiger partial charge on any atom is 0.296 e. The van der Waals surface area contributed by atoms with Crippen LogP contribution in [0.5, 0.6) is 0 Å². The summed E-state index contributed by atoms with van der Waals surface area (Å²) in [7, 11) is 0. The van der Waals surface area contributed by atoms with Gasteiger partial charge in [-0.05, 0) is 25.7 Å². The second kappa shape index (κ2) is 4.16. The highest BCUT2D eigenvalue weighted by Gasteiger charge is 2.43. The predicted molar refractivity (Wildman–Crippen MR) is 50.9 cm³/mol. The highest BCUT2D eigenvalue weighted by atomic mass is 19.3. The third kappa shape index (κ3) is 2.19. The molecule has 0 aromatic heterocycles. The van der Waals surface area contributed by atoms with Crippen LogP contribution in [0.1, 0.15) is 38.5 Å². The molecule has 1 heterocycles. The van der Waals surface area contributed by atoms with Crippen LogP contribution in [0, 0.1) is 5.92 Å². The molecular weight excluding hydrogens is 202 g/mol. The molecule has 4 heteroatoms. The first kappa shape index (κ1) is 11.0. The van der Waals surface area contributed by atoms with Crippen molar-refractivity contribution in [3.05, 3.63) is 0 Å². The van der Waals surface area contributed by atoms with Crippen molar-refractivity contribution in [2.24, 2.45) is 5.92 Å². The van der Waals surface area contributed by atoms with Crippen molar-refractivity contribution >= 4 is 5.78 Å². The van der Waals surface area contributed by atoms with E-state index in [2.05, 4.69) is 0 Å². The summed E-state index contributed by atoms with van der Waals surface area (Å²) in [5, 5.41) is 0. The van der Waals surface area contributed by atoms with Crippen molar-refractivity contribution in [2.45, 2.75) is 50.6 Å². The maximum absolute atomic E-state index is 12.3. The summed E-state index contributed by atoms with van der Waals surface area (Å²) in [4.78, 5) is 11.2. The quantitative estimate of drug-likeness (QED) is 0.712. The molecule has 1 unspecified atom stereocenters. The summed E-state index contributed by atoms with van der Waals surface area (Å²) in [6.07, 6.45) is 2.21. The Labute approximate surface area is 88.0 Å². The second-order valence-electron chi connectivity index (χ2n) is 4.63. The monoisotopic (exact) mass is 218 g/mol. The minimum atomic E-state index is -2.81. The zero-order valence-corrected chi connectivity index (χ0v) is 8.68. The van der Waals surface area contributed by atoms with E-state index >= 15 is 0 Å². The fourth-order valence-corrected chi connectivity index (χ4v) is 2.82. The van der Waals surface area contributed by atoms with E-state index in [0.717, 1.165) is 25.7 Å². The number of carbonyl (C=O) groups excluding carboxylic acids is 1. The van der Waals surface area contributed by atoms with Crippen LogP contribution in [0.2, 0.25) is 0 Å². The fourth-order valence-electron chi connectivity index (χ4n) is 2.82. The molecule has 0 N–H and O–H groups in total. The Hall–Kier alpha value is -0.510. The number of carbonyl (C=O) groups is 1. The van der Waals surface area contributed by atoms with Gasteiger partial charge in [0.25, 0.3) is 6.43 Å². The summed E-state index contributed by atoms with van der Waals surface area (Å²) in [6, 6.07) is 0. The van der Waals surface area contributed by atoms with Crippen LogP contribution in [0.4, 0.5) is 8.78 Å². The lowest BCUT2D eigenvalue weighted by Gasteiger charge is -2.37. The SMILES string of the molecule is O=C(C(F)F)C1CCOC2(CCCC2)C1. The van der Waals surface area contributed by atoms with Gasteiger partial charge in [0.15, 0.2) is 0 Å². The number of halogens is 2. The molecule has 2 aliphatic rings. The molecule has 0 amide bonds. The Morgan fingerprint density at radius 1 is 1.33 bits per heavy atom. The van der Waals surface area contributed by atoms with Gasteiger partial charge in [-0.1, -0.05) is 12.8 Å². The van der Waals surface area contributed by atoms with Gasteiger partial charge >= 0.3 is 0 Å². The molecule has 1 saturated carbocycles. The van der Waals surface area contributed by atoms with E-state index in [1.807, 2.05) is 0 Å². The van der Waals surface area contributed by atoms with Gasteiger partial charge in [-0.25, -0.2) is 8.78 Å². The molecule has 1 spiro atoms. The van der Waals surface area contributed by atoms with Crippen molar-refractivity contribution in [1.29, 1.82) is 0 Å². The van der Waals surface area contributed by atoms with E-state index in [0.29, 0.717) is 19.4 Å². The van der Waals surface area contributed by atoms with Crippen molar-refractivity contribution in [3.63, 3.8) is 0 Å². The maximum atomic E-state index is 12.3. The van der Waals surface area contributed by atoms with Crippen LogP contribution in [0.15, 0.2) is 0 Å². The smallest absolute Gasteiger partial charge is 0.296 e. The van der Waals surface area contributed by atoms with Crippen molar-refractivity contribution < 1.29 is 18.3 Å². The number of alkyl halides is 2. The summed E-state index contributed by atoms with van der Waals surface area (Å²) in [5.74, 6) is -1.36. The van der Waals surface area contributed by atoms with E-state index < -0.39 is 18.1 Å². The Kier molecular flexibility index (Phi) is 3.05. The Morgan fingerprint density at radius 3 is 2.60 bits per heavy atom. The Morgan fingerprint density at radius 2 is 2.00 bits per heavy atom. The number of hydrogen-bond donors (Lipinski definition) is 0.